The number of carbonyl (C=O) groups is 1. The molecule has 2 rings (SSSR count). The largest absolute Gasteiger partial charge is 0.306 e. The first-order chi connectivity index (χ1) is 7.79. The number of amides is 1. The molecule has 2 aromatic rings. The van der Waals surface area contributed by atoms with Gasteiger partial charge in [-0.25, -0.2) is 4.98 Å². The first-order valence-corrected chi connectivity index (χ1v) is 4.73. The Kier molecular flexibility index (Phi) is 2.86. The standard InChI is InChI=1S/C11H10N4O/c1-12-7-11(16)15-10-5-8-3-2-4-13-9(8)6-14-10/h2-7H,1H3,(H,14,15,16). The van der Waals surface area contributed by atoms with Gasteiger partial charge >= 0.3 is 0 Å². The second kappa shape index (κ2) is 4.48. The number of carbonyl (C=O) groups excluding carboxylic acids is 1. The van der Waals surface area contributed by atoms with Crippen molar-refractivity contribution in [3.05, 3.63) is 30.6 Å². The Balaban J connectivity index is 2.29. The van der Waals surface area contributed by atoms with Crippen LogP contribution in [0.15, 0.2) is 35.6 Å². The molecule has 2 heterocycles. The van der Waals surface area contributed by atoms with E-state index >= 15 is 0 Å². The van der Waals surface area contributed by atoms with Crippen molar-refractivity contribution in [1.82, 2.24) is 9.97 Å². The minimum Gasteiger partial charge on any atom is -0.306 e. The number of aliphatic imine (C=N–C) groups is 1. The summed E-state index contributed by atoms with van der Waals surface area (Å²) in [4.78, 5) is 23.1. The quantitative estimate of drug-likeness (QED) is 0.765. The minimum atomic E-state index is -0.293. The molecule has 0 radical (unpaired) electrons. The molecule has 0 spiro atoms. The van der Waals surface area contributed by atoms with Gasteiger partial charge in [-0.2, -0.15) is 0 Å². The van der Waals surface area contributed by atoms with Crippen molar-refractivity contribution in [2.45, 2.75) is 0 Å². The van der Waals surface area contributed by atoms with Gasteiger partial charge in [-0.15, -0.1) is 0 Å². The second-order valence-electron chi connectivity index (χ2n) is 3.14. The van der Waals surface area contributed by atoms with Crippen LogP contribution < -0.4 is 5.32 Å². The zero-order valence-electron chi connectivity index (χ0n) is 8.71. The lowest BCUT2D eigenvalue weighted by atomic mass is 10.2. The van der Waals surface area contributed by atoms with Crippen LogP contribution in [-0.2, 0) is 4.79 Å². The maximum Gasteiger partial charge on any atom is 0.267 e. The molecule has 16 heavy (non-hydrogen) atoms. The molecule has 0 aliphatic rings. The van der Waals surface area contributed by atoms with Gasteiger partial charge in [0.2, 0.25) is 0 Å². The van der Waals surface area contributed by atoms with E-state index in [1.165, 1.54) is 13.3 Å². The topological polar surface area (TPSA) is 67.2 Å². The van der Waals surface area contributed by atoms with Gasteiger partial charge in [-0.05, 0) is 12.1 Å². The van der Waals surface area contributed by atoms with E-state index in [-0.39, 0.29) is 5.91 Å². The number of pyridine rings is 2. The van der Waals surface area contributed by atoms with Crippen molar-refractivity contribution in [2.24, 2.45) is 4.99 Å². The Morgan fingerprint density at radius 2 is 2.38 bits per heavy atom. The maximum atomic E-state index is 11.2. The lowest BCUT2D eigenvalue weighted by molar-refractivity contribution is -0.110. The second-order valence-corrected chi connectivity index (χ2v) is 3.14. The zero-order chi connectivity index (χ0) is 11.4. The molecule has 0 aromatic carbocycles. The summed E-state index contributed by atoms with van der Waals surface area (Å²) >= 11 is 0. The molecular formula is C11H10N4O. The number of hydrogen-bond acceptors (Lipinski definition) is 4. The van der Waals surface area contributed by atoms with Crippen LogP contribution in [0.3, 0.4) is 0 Å². The van der Waals surface area contributed by atoms with Crippen molar-refractivity contribution < 1.29 is 4.79 Å². The van der Waals surface area contributed by atoms with E-state index in [1.807, 2.05) is 12.1 Å². The summed E-state index contributed by atoms with van der Waals surface area (Å²) in [5.74, 6) is 0.198. The molecule has 0 unspecified atom stereocenters. The van der Waals surface area contributed by atoms with Crippen molar-refractivity contribution in [1.29, 1.82) is 0 Å². The van der Waals surface area contributed by atoms with E-state index < -0.39 is 0 Å². The van der Waals surface area contributed by atoms with Gasteiger partial charge in [-0.3, -0.25) is 14.8 Å². The molecule has 1 N–H and O–H groups in total. The van der Waals surface area contributed by atoms with Crippen molar-refractivity contribution in [3.8, 4) is 0 Å². The van der Waals surface area contributed by atoms with Gasteiger partial charge < -0.3 is 5.32 Å². The monoisotopic (exact) mass is 214 g/mol. The zero-order valence-corrected chi connectivity index (χ0v) is 8.71. The minimum absolute atomic E-state index is 0.293. The molecule has 0 aliphatic heterocycles. The molecule has 5 heteroatoms. The molecule has 5 nitrogen and oxygen atoms in total. The van der Waals surface area contributed by atoms with Gasteiger partial charge in [0.1, 0.15) is 5.82 Å². The third-order valence-electron chi connectivity index (χ3n) is 1.99. The number of nitrogens with one attached hydrogen (secondary N) is 1. The molecule has 80 valence electrons. The van der Waals surface area contributed by atoms with Crippen molar-refractivity contribution in [2.75, 3.05) is 12.4 Å². The van der Waals surface area contributed by atoms with E-state index in [0.717, 1.165) is 10.9 Å². The molecule has 0 atom stereocenters. The number of fused-ring (bicyclic) bond motifs is 1. The summed E-state index contributed by atoms with van der Waals surface area (Å²) in [5, 5.41) is 3.54. The Labute approximate surface area is 92.3 Å². The Hall–Kier alpha value is -2.30. The van der Waals surface area contributed by atoms with Crippen LogP contribution in [0.2, 0.25) is 0 Å². The summed E-state index contributed by atoms with van der Waals surface area (Å²) in [6, 6.07) is 5.51. The molecule has 0 aliphatic carbocycles. The number of nitrogens with zero attached hydrogens (tertiary/aromatic N) is 3. The predicted octanol–water partition coefficient (Wildman–Crippen LogP) is 1.27. The Bertz CT molecular complexity index is 550. The highest BCUT2D eigenvalue weighted by Gasteiger charge is 2.01. The first kappa shape index (κ1) is 10.2. The SMILES string of the molecule is CN=CC(=O)Nc1cc2cccnc2cn1. The van der Waals surface area contributed by atoms with Crippen LogP contribution in [-0.4, -0.2) is 29.1 Å². The summed E-state index contributed by atoms with van der Waals surface area (Å²) in [7, 11) is 1.54. The van der Waals surface area contributed by atoms with Gasteiger partial charge in [0, 0.05) is 18.6 Å². The van der Waals surface area contributed by atoms with Crippen molar-refractivity contribution in [3.63, 3.8) is 0 Å². The normalized spacial score (nSPS) is 10.8. The van der Waals surface area contributed by atoms with Crippen LogP contribution in [0.4, 0.5) is 5.82 Å². The predicted molar refractivity (Wildman–Crippen MR) is 62.6 cm³/mol. The van der Waals surface area contributed by atoms with Crippen LogP contribution in [0.1, 0.15) is 0 Å². The lowest BCUT2D eigenvalue weighted by Gasteiger charge is -2.01. The van der Waals surface area contributed by atoms with Crippen LogP contribution >= 0.6 is 0 Å². The van der Waals surface area contributed by atoms with E-state index in [2.05, 4.69) is 20.3 Å². The Morgan fingerprint density at radius 1 is 1.50 bits per heavy atom. The highest BCUT2D eigenvalue weighted by molar-refractivity contribution is 6.31. The van der Waals surface area contributed by atoms with Gasteiger partial charge in [0.15, 0.2) is 0 Å². The molecule has 2 aromatic heterocycles. The van der Waals surface area contributed by atoms with E-state index in [1.54, 1.807) is 18.5 Å². The summed E-state index contributed by atoms with van der Waals surface area (Å²) < 4.78 is 0. The van der Waals surface area contributed by atoms with Crippen LogP contribution in [0.5, 0.6) is 0 Å². The molecule has 0 saturated heterocycles. The molecule has 0 fully saturated rings. The van der Waals surface area contributed by atoms with Crippen LogP contribution in [0.25, 0.3) is 10.9 Å². The summed E-state index contributed by atoms with van der Waals surface area (Å²) in [6.07, 6.45) is 4.52. The number of anilines is 1. The molecule has 1 amide bonds. The third kappa shape index (κ3) is 2.20. The number of hydrogen-bond donors (Lipinski definition) is 1. The smallest absolute Gasteiger partial charge is 0.267 e. The maximum absolute atomic E-state index is 11.2. The van der Waals surface area contributed by atoms with E-state index in [4.69, 9.17) is 0 Å². The number of rotatable bonds is 2. The van der Waals surface area contributed by atoms with Gasteiger partial charge in [0.05, 0.1) is 17.9 Å². The van der Waals surface area contributed by atoms with Crippen LogP contribution in [0, 0.1) is 0 Å². The molecule has 0 bridgehead atoms. The Morgan fingerprint density at radius 3 is 3.19 bits per heavy atom. The fourth-order valence-corrected chi connectivity index (χ4v) is 1.32. The highest BCUT2D eigenvalue weighted by atomic mass is 16.1. The fraction of sp³-hybridized carbons (Fsp3) is 0.0909. The van der Waals surface area contributed by atoms with Gasteiger partial charge in [-0.1, -0.05) is 6.07 Å². The third-order valence-corrected chi connectivity index (χ3v) is 1.99. The van der Waals surface area contributed by atoms with Gasteiger partial charge in [0.25, 0.3) is 5.91 Å². The summed E-state index contributed by atoms with van der Waals surface area (Å²) in [5.41, 5.74) is 0.796. The van der Waals surface area contributed by atoms with E-state index in [9.17, 15) is 4.79 Å². The van der Waals surface area contributed by atoms with E-state index in [0.29, 0.717) is 5.82 Å². The van der Waals surface area contributed by atoms with Crippen molar-refractivity contribution >= 4 is 28.8 Å². The highest BCUT2D eigenvalue weighted by Crippen LogP contribution is 2.13. The fourth-order valence-electron chi connectivity index (χ4n) is 1.32. The summed E-state index contributed by atoms with van der Waals surface area (Å²) in [6.45, 7) is 0. The number of aromatic nitrogens is 2. The lowest BCUT2D eigenvalue weighted by Crippen LogP contribution is -2.13. The first-order valence-electron chi connectivity index (χ1n) is 4.73. The average molecular weight is 214 g/mol. The molecule has 0 saturated carbocycles. The molecular weight excluding hydrogens is 204 g/mol. The average Bonchev–Trinajstić information content (AvgIpc) is 2.29.